The molecule has 3 N–H and O–H groups in total. The number of hydrogen-bond acceptors (Lipinski definition) is 3. The molecule has 134 valence electrons. The number of amides is 2. The third kappa shape index (κ3) is 4.50. The minimum absolute atomic E-state index is 0. The lowest BCUT2D eigenvalue weighted by Crippen LogP contribution is -2.52. The Balaban J connectivity index is 0.00000225. The topological polar surface area (TPSA) is 75.4 Å². The van der Waals surface area contributed by atoms with Gasteiger partial charge in [0.25, 0.3) is 5.91 Å². The van der Waals surface area contributed by atoms with E-state index in [0.717, 1.165) is 23.6 Å². The van der Waals surface area contributed by atoms with E-state index in [1.165, 1.54) is 0 Å². The van der Waals surface area contributed by atoms with Crippen LogP contribution in [0, 0.1) is 0 Å². The summed E-state index contributed by atoms with van der Waals surface area (Å²) in [5.41, 5.74) is 6.32. The summed E-state index contributed by atoms with van der Waals surface area (Å²) in [6.07, 6.45) is 1.75. The molecular weight excluding hydrogens is 338 g/mol. The maximum Gasteiger partial charge on any atom is 0.251 e. The fourth-order valence-corrected chi connectivity index (χ4v) is 3.18. The van der Waals surface area contributed by atoms with Crippen molar-refractivity contribution in [1.29, 1.82) is 0 Å². The van der Waals surface area contributed by atoms with Crippen molar-refractivity contribution >= 4 is 35.0 Å². The van der Waals surface area contributed by atoms with Crippen LogP contribution in [0.15, 0.2) is 42.5 Å². The number of rotatable bonds is 3. The van der Waals surface area contributed by atoms with Crippen LogP contribution in [-0.2, 0) is 4.79 Å². The van der Waals surface area contributed by atoms with Crippen molar-refractivity contribution in [3.05, 3.63) is 48.0 Å². The first-order valence-electron chi connectivity index (χ1n) is 8.38. The molecule has 2 aromatic carbocycles. The van der Waals surface area contributed by atoms with Gasteiger partial charge in [0.15, 0.2) is 0 Å². The van der Waals surface area contributed by atoms with E-state index in [9.17, 15) is 9.59 Å². The summed E-state index contributed by atoms with van der Waals surface area (Å²) in [6, 6.07) is 13.1. The summed E-state index contributed by atoms with van der Waals surface area (Å²) in [5.74, 6) is -0.152. The van der Waals surface area contributed by atoms with Crippen LogP contribution in [0.4, 0.5) is 0 Å². The van der Waals surface area contributed by atoms with Gasteiger partial charge in [-0.05, 0) is 42.7 Å². The van der Waals surface area contributed by atoms with Crippen molar-refractivity contribution in [2.24, 2.45) is 5.73 Å². The van der Waals surface area contributed by atoms with Crippen LogP contribution in [-0.4, -0.2) is 41.9 Å². The van der Waals surface area contributed by atoms with Gasteiger partial charge in [0.2, 0.25) is 5.91 Å². The lowest BCUT2D eigenvalue weighted by Gasteiger charge is -2.34. The van der Waals surface area contributed by atoms with E-state index in [1.54, 1.807) is 11.8 Å². The number of nitrogens with one attached hydrogen (secondary N) is 1. The lowest BCUT2D eigenvalue weighted by molar-refractivity contribution is -0.133. The summed E-state index contributed by atoms with van der Waals surface area (Å²) >= 11 is 0. The van der Waals surface area contributed by atoms with Crippen LogP contribution in [0.5, 0.6) is 0 Å². The fourth-order valence-electron chi connectivity index (χ4n) is 3.18. The fraction of sp³-hybridized carbons (Fsp3) is 0.368. The number of likely N-dealkylation sites (tertiary alicyclic amines) is 1. The largest absolute Gasteiger partial charge is 0.348 e. The lowest BCUT2D eigenvalue weighted by atomic mass is 10.0. The summed E-state index contributed by atoms with van der Waals surface area (Å²) in [5, 5.41) is 5.21. The second-order valence-electron chi connectivity index (χ2n) is 6.45. The van der Waals surface area contributed by atoms with E-state index >= 15 is 0 Å². The van der Waals surface area contributed by atoms with Crippen molar-refractivity contribution in [2.45, 2.75) is 31.8 Å². The van der Waals surface area contributed by atoms with E-state index < -0.39 is 6.04 Å². The first-order chi connectivity index (χ1) is 11.5. The molecule has 1 aliphatic heterocycles. The Hall–Kier alpha value is -2.11. The highest BCUT2D eigenvalue weighted by atomic mass is 35.5. The van der Waals surface area contributed by atoms with E-state index in [1.807, 2.05) is 42.5 Å². The summed E-state index contributed by atoms with van der Waals surface area (Å²) in [6.45, 7) is 2.93. The number of carbonyl (C=O) groups excluding carboxylic acids is 2. The van der Waals surface area contributed by atoms with Gasteiger partial charge in [0, 0.05) is 24.7 Å². The molecule has 6 heteroatoms. The third-order valence-corrected chi connectivity index (χ3v) is 4.47. The molecule has 5 nitrogen and oxygen atoms in total. The molecule has 1 heterocycles. The van der Waals surface area contributed by atoms with E-state index in [2.05, 4.69) is 5.32 Å². The standard InChI is InChI=1S/C19H23N3O2.ClH/c1-13(20)19(24)22-10-4-7-17(12-22)21-18(23)16-9-8-14-5-2-3-6-15(14)11-16;/h2-3,5-6,8-9,11,13,17H,4,7,10,12,20H2,1H3,(H,21,23);1H/t13-,17?;/m1./s1. The van der Waals surface area contributed by atoms with Crippen molar-refractivity contribution in [3.8, 4) is 0 Å². The maximum absolute atomic E-state index is 12.5. The summed E-state index contributed by atoms with van der Waals surface area (Å²) in [4.78, 5) is 26.3. The molecule has 2 aromatic rings. The van der Waals surface area contributed by atoms with Crippen molar-refractivity contribution in [3.63, 3.8) is 0 Å². The van der Waals surface area contributed by atoms with Crippen molar-refractivity contribution in [2.75, 3.05) is 13.1 Å². The molecule has 1 aliphatic rings. The van der Waals surface area contributed by atoms with E-state index in [0.29, 0.717) is 18.7 Å². The number of halogens is 1. The Morgan fingerprint density at radius 1 is 1.20 bits per heavy atom. The molecule has 0 spiro atoms. The van der Waals surface area contributed by atoms with Crippen LogP contribution in [0.2, 0.25) is 0 Å². The zero-order valence-electron chi connectivity index (χ0n) is 14.3. The Kier molecular flexibility index (Phi) is 6.39. The first-order valence-corrected chi connectivity index (χ1v) is 8.38. The Labute approximate surface area is 154 Å². The van der Waals surface area contributed by atoms with Gasteiger partial charge in [-0.25, -0.2) is 0 Å². The van der Waals surface area contributed by atoms with Crippen molar-refractivity contribution in [1.82, 2.24) is 10.2 Å². The average Bonchev–Trinajstić information content (AvgIpc) is 2.60. The zero-order valence-corrected chi connectivity index (χ0v) is 15.1. The number of nitrogens with zero attached hydrogens (tertiary/aromatic N) is 1. The Morgan fingerprint density at radius 3 is 2.64 bits per heavy atom. The quantitative estimate of drug-likeness (QED) is 0.881. The predicted molar refractivity (Wildman–Crippen MR) is 102 cm³/mol. The Morgan fingerprint density at radius 2 is 1.92 bits per heavy atom. The molecule has 2 atom stereocenters. The van der Waals surface area contributed by atoms with E-state index in [4.69, 9.17) is 5.73 Å². The third-order valence-electron chi connectivity index (χ3n) is 4.47. The second-order valence-corrected chi connectivity index (χ2v) is 6.45. The molecule has 0 bridgehead atoms. The number of hydrogen-bond donors (Lipinski definition) is 2. The van der Waals surface area contributed by atoms with Gasteiger partial charge >= 0.3 is 0 Å². The van der Waals surface area contributed by atoms with Crippen LogP contribution in [0.3, 0.4) is 0 Å². The average molecular weight is 362 g/mol. The molecule has 1 saturated heterocycles. The van der Waals surface area contributed by atoms with Crippen LogP contribution >= 0.6 is 12.4 Å². The monoisotopic (exact) mass is 361 g/mol. The normalized spacial score (nSPS) is 18.3. The number of carbonyl (C=O) groups is 2. The molecule has 0 saturated carbocycles. The van der Waals surface area contributed by atoms with Crippen LogP contribution < -0.4 is 11.1 Å². The van der Waals surface area contributed by atoms with Crippen molar-refractivity contribution < 1.29 is 9.59 Å². The highest BCUT2D eigenvalue weighted by Gasteiger charge is 2.26. The molecule has 3 rings (SSSR count). The van der Waals surface area contributed by atoms with Gasteiger partial charge < -0.3 is 16.0 Å². The Bertz CT molecular complexity index is 763. The van der Waals surface area contributed by atoms with E-state index in [-0.39, 0.29) is 30.3 Å². The number of fused-ring (bicyclic) bond motifs is 1. The SMILES string of the molecule is C[C@@H](N)C(=O)N1CCCC(NC(=O)c2ccc3ccccc3c2)C1.Cl. The molecule has 0 aliphatic carbocycles. The van der Waals surface area contributed by atoms with Gasteiger partial charge in [-0.2, -0.15) is 0 Å². The summed E-state index contributed by atoms with van der Waals surface area (Å²) in [7, 11) is 0. The molecule has 1 fully saturated rings. The smallest absolute Gasteiger partial charge is 0.251 e. The molecule has 2 amide bonds. The minimum atomic E-state index is -0.500. The zero-order chi connectivity index (χ0) is 17.1. The summed E-state index contributed by atoms with van der Waals surface area (Å²) < 4.78 is 0. The highest BCUT2D eigenvalue weighted by Crippen LogP contribution is 2.17. The van der Waals surface area contributed by atoms with Gasteiger partial charge in [0.05, 0.1) is 6.04 Å². The van der Waals surface area contributed by atoms with Gasteiger partial charge in [-0.3, -0.25) is 9.59 Å². The predicted octanol–water partition coefficient (Wildman–Crippen LogP) is 2.33. The maximum atomic E-state index is 12.5. The molecular formula is C19H24ClN3O2. The first kappa shape index (κ1) is 19.2. The second kappa shape index (κ2) is 8.32. The number of piperidine rings is 1. The van der Waals surface area contributed by atoms with Gasteiger partial charge in [-0.15, -0.1) is 12.4 Å². The number of benzene rings is 2. The molecule has 0 aromatic heterocycles. The number of nitrogens with two attached hydrogens (primary N) is 1. The highest BCUT2D eigenvalue weighted by molar-refractivity contribution is 5.98. The molecule has 1 unspecified atom stereocenters. The molecule has 25 heavy (non-hydrogen) atoms. The minimum Gasteiger partial charge on any atom is -0.348 e. The van der Waals surface area contributed by atoms with Gasteiger partial charge in [0.1, 0.15) is 0 Å². The van der Waals surface area contributed by atoms with Gasteiger partial charge in [-0.1, -0.05) is 30.3 Å². The van der Waals surface area contributed by atoms with Crippen LogP contribution in [0.25, 0.3) is 10.8 Å². The van der Waals surface area contributed by atoms with Crippen LogP contribution in [0.1, 0.15) is 30.1 Å². The molecule has 0 radical (unpaired) electrons.